The van der Waals surface area contributed by atoms with Gasteiger partial charge >= 0.3 is 0 Å². The van der Waals surface area contributed by atoms with E-state index in [1.54, 1.807) is 70.3 Å². The average molecular weight is 1100 g/mol. The van der Waals surface area contributed by atoms with Gasteiger partial charge in [0.25, 0.3) is 0 Å². The molecule has 30 atom stereocenters. The standard InChI is InChI=1S/C46H68N2O28/c49-13-19-37-27(57)33(63)45(69-19)76-40-22(16-52)68-44(32(62)26(40)56)72-36-18(12-48-9-5-2-6-10-48)66-42(30(60)24(36)54)74-38-20(14-50)70-46(34(64)28(38)58)75-39-21(15-51)67-43(31(61)25(39)55)71-35-17(11-47-7-3-1-4-8-47)65-41(73-37)29(59)23(35)53/h1-10,17-46,49-64H,11-16H2/q+2/t17-,18-,19-,20-,21-,22-,23-,24-,25-,26-,27-,28-,29-,30-,31-,32-,33-,34-,35-,36-,37-,38-,39-,40-,41-,42-,43-,44-,45-,46-/m1/s1. The Balaban J connectivity index is 1.05. The summed E-state index contributed by atoms with van der Waals surface area (Å²) in [7, 11) is 0. The molecule has 0 saturated carbocycles. The zero-order valence-electron chi connectivity index (χ0n) is 40.3. The highest BCUT2D eigenvalue weighted by Gasteiger charge is 2.59. The Labute approximate surface area is 432 Å². The Kier molecular flexibility index (Phi) is 19.0. The normalized spacial score (nSPS) is 49.5. The lowest BCUT2D eigenvalue weighted by Crippen LogP contribution is -2.69. The van der Waals surface area contributed by atoms with Gasteiger partial charge in [-0.05, 0) is 0 Å². The summed E-state index contributed by atoms with van der Waals surface area (Å²) in [5.74, 6) is 0. The maximum Gasteiger partial charge on any atom is 0.187 e. The van der Waals surface area contributed by atoms with Crippen LogP contribution in [0.15, 0.2) is 61.2 Å². The van der Waals surface area contributed by atoms with E-state index in [0.717, 1.165) is 0 Å². The van der Waals surface area contributed by atoms with Crippen LogP contribution in [0.2, 0.25) is 0 Å². The first-order valence-corrected chi connectivity index (χ1v) is 24.8. The molecule has 16 N–H and O–H groups in total. The van der Waals surface area contributed by atoms with Gasteiger partial charge in [-0.2, -0.15) is 0 Å². The van der Waals surface area contributed by atoms with Crippen molar-refractivity contribution >= 4 is 0 Å². The molecule has 76 heavy (non-hydrogen) atoms. The monoisotopic (exact) mass is 1100 g/mol. The second kappa shape index (κ2) is 24.9. The number of hydrogen-bond acceptors (Lipinski definition) is 28. The van der Waals surface area contributed by atoms with Crippen molar-refractivity contribution in [1.29, 1.82) is 0 Å². The van der Waals surface area contributed by atoms with Crippen molar-refractivity contribution in [1.82, 2.24) is 0 Å². The average Bonchev–Trinajstić information content (AvgIpc) is 3.43. The molecular formula is C46H68N2O28+2. The van der Waals surface area contributed by atoms with E-state index in [1.165, 1.54) is 0 Å². The summed E-state index contributed by atoms with van der Waals surface area (Å²) in [5, 5.41) is 181. The van der Waals surface area contributed by atoms with Crippen LogP contribution in [0.3, 0.4) is 0 Å². The van der Waals surface area contributed by atoms with Crippen LogP contribution in [0.1, 0.15) is 0 Å². The van der Waals surface area contributed by atoms with E-state index in [2.05, 4.69) is 0 Å². The van der Waals surface area contributed by atoms with E-state index in [9.17, 15) is 81.7 Å². The number of aliphatic hydroxyl groups is 16. The van der Waals surface area contributed by atoms with E-state index in [0.29, 0.717) is 0 Å². The van der Waals surface area contributed by atoms with E-state index in [-0.39, 0.29) is 13.1 Å². The summed E-state index contributed by atoms with van der Waals surface area (Å²) in [5.41, 5.74) is 0. The Morgan fingerprint density at radius 1 is 0.237 bits per heavy atom. The van der Waals surface area contributed by atoms with Crippen LogP contribution in [0, 0.1) is 0 Å². The van der Waals surface area contributed by atoms with E-state index in [4.69, 9.17) is 56.8 Å². The van der Waals surface area contributed by atoms with Crippen LogP contribution in [-0.4, -0.2) is 292 Å². The first kappa shape index (κ1) is 57.9. The fourth-order valence-electron chi connectivity index (χ4n) is 10.5. The first-order chi connectivity index (χ1) is 36.5. The predicted octanol–water partition coefficient (Wildman–Crippen LogP) is -11.1. The van der Waals surface area contributed by atoms with Crippen molar-refractivity contribution in [2.45, 2.75) is 197 Å². The molecule has 0 spiro atoms. The molecule has 22 saturated heterocycles. The maximum absolute atomic E-state index is 11.7. The van der Waals surface area contributed by atoms with Crippen LogP contribution in [-0.2, 0) is 69.9 Å². The quantitative estimate of drug-likeness (QED) is 0.109. The lowest BCUT2D eigenvalue weighted by atomic mass is 9.94. The fraction of sp³-hybridized carbons (Fsp3) is 0.783. The number of rotatable bonds is 8. The van der Waals surface area contributed by atoms with Gasteiger partial charge in [0.15, 0.2) is 75.6 Å². The molecule has 0 aliphatic carbocycles. The number of nitrogens with zero attached hydrogens (tertiary/aromatic N) is 2. The molecule has 2 aromatic rings. The summed E-state index contributed by atoms with van der Waals surface area (Å²) < 4.78 is 74.5. The minimum absolute atomic E-state index is 0.187. The van der Waals surface area contributed by atoms with Gasteiger partial charge in [0.2, 0.25) is 0 Å². The van der Waals surface area contributed by atoms with Gasteiger partial charge in [-0.25, -0.2) is 9.13 Å². The smallest absolute Gasteiger partial charge is 0.187 e. The third-order valence-electron chi connectivity index (χ3n) is 14.6. The van der Waals surface area contributed by atoms with Gasteiger partial charge < -0.3 is 139 Å². The zero-order valence-corrected chi connectivity index (χ0v) is 40.3. The molecule has 22 aliphatic rings. The minimum atomic E-state index is -2.12. The number of ether oxygens (including phenoxy) is 12. The summed E-state index contributed by atoms with van der Waals surface area (Å²) in [6.45, 7) is -4.22. The largest absolute Gasteiger partial charge is 0.394 e. The number of hydrogen-bond donors (Lipinski definition) is 16. The lowest BCUT2D eigenvalue weighted by molar-refractivity contribution is -0.707. The molecule has 2 aromatic heterocycles. The molecule has 22 fully saturated rings. The van der Waals surface area contributed by atoms with Crippen LogP contribution >= 0.6 is 0 Å². The van der Waals surface area contributed by atoms with Gasteiger partial charge in [0, 0.05) is 24.3 Å². The first-order valence-electron chi connectivity index (χ1n) is 24.8. The molecule has 0 aromatic carbocycles. The maximum atomic E-state index is 11.7. The molecule has 22 aliphatic heterocycles. The summed E-state index contributed by atoms with van der Waals surface area (Å²) in [4.78, 5) is 0. The van der Waals surface area contributed by atoms with E-state index >= 15 is 0 Å². The second-order valence-electron chi connectivity index (χ2n) is 19.6. The Bertz CT molecular complexity index is 1960. The van der Waals surface area contributed by atoms with E-state index in [1.807, 2.05) is 0 Å². The van der Waals surface area contributed by atoms with Crippen LogP contribution < -0.4 is 9.13 Å². The molecule has 24 heterocycles. The molecule has 30 heteroatoms. The minimum Gasteiger partial charge on any atom is -0.394 e. The van der Waals surface area contributed by atoms with Crippen molar-refractivity contribution in [3.8, 4) is 0 Å². The third kappa shape index (κ3) is 11.7. The SMILES string of the molecule is OC[C@H]1O[C@@H]2O[C@H]3[C@H](O)[C@@H](O)[C@@H](O[C@H]4[C@H](O)[C@@H](O)[C@@H](O[C@H]5[C@H](O)[C@@H](O)[C@@H](O[C@H]6[C@H](O)[C@@H](O)[C@@H](O[C@H]7[C@H](O)[C@@H](O)[C@@H](O[C@H]1[C@H](O)[C@H]2O)O[C@@H]7CO)O[C@@H]6C[n+]1ccccc1)O[C@@H]5CO)O[C@@H]4CO)O[C@@H]3C[n+]1ccccc1. The van der Waals surface area contributed by atoms with Gasteiger partial charge in [-0.3, -0.25) is 0 Å². The second-order valence-corrected chi connectivity index (χ2v) is 19.6. The molecular weight excluding hydrogens is 1030 g/mol. The molecule has 0 radical (unpaired) electrons. The van der Waals surface area contributed by atoms with Crippen molar-refractivity contribution in [2.75, 3.05) is 26.4 Å². The highest BCUT2D eigenvalue weighted by atomic mass is 16.8. The fourth-order valence-corrected chi connectivity index (χ4v) is 10.5. The van der Waals surface area contributed by atoms with Crippen LogP contribution in [0.5, 0.6) is 0 Å². The van der Waals surface area contributed by atoms with Crippen molar-refractivity contribution in [3.05, 3.63) is 61.2 Å². The lowest BCUT2D eigenvalue weighted by Gasteiger charge is -2.50. The van der Waals surface area contributed by atoms with Crippen molar-refractivity contribution < 1.29 is 148 Å². The summed E-state index contributed by atoms with van der Waals surface area (Å²) in [6, 6.07) is 10.0. The Morgan fingerprint density at radius 2 is 0.421 bits per heavy atom. The molecule has 0 amide bonds. The summed E-state index contributed by atoms with van der Waals surface area (Å²) >= 11 is 0. The third-order valence-corrected chi connectivity index (χ3v) is 14.6. The molecule has 0 unspecified atom stereocenters. The topological polar surface area (TPSA) is 442 Å². The Hall–Kier alpha value is -2.82. The van der Waals surface area contributed by atoms with Crippen molar-refractivity contribution in [2.24, 2.45) is 0 Å². The van der Waals surface area contributed by atoms with Gasteiger partial charge in [-0.1, -0.05) is 12.1 Å². The van der Waals surface area contributed by atoms with Gasteiger partial charge in [0.1, 0.15) is 146 Å². The highest BCUT2D eigenvalue weighted by molar-refractivity contribution is 5.01. The van der Waals surface area contributed by atoms with E-state index < -0.39 is 211 Å². The van der Waals surface area contributed by atoms with Gasteiger partial charge in [0.05, 0.1) is 26.4 Å². The molecule has 12 bridgehead atoms. The van der Waals surface area contributed by atoms with Gasteiger partial charge in [-0.15, -0.1) is 0 Å². The molecule has 428 valence electrons. The number of aliphatic hydroxyl groups excluding tert-OH is 16. The summed E-state index contributed by atoms with van der Waals surface area (Å²) in [6.07, 6.45) is -50.0. The predicted molar refractivity (Wildman–Crippen MR) is 235 cm³/mol. The molecule has 30 nitrogen and oxygen atoms in total. The Morgan fingerprint density at radius 3 is 0.618 bits per heavy atom. The molecule has 24 rings (SSSR count). The number of pyridine rings is 2. The van der Waals surface area contributed by atoms with Crippen molar-refractivity contribution in [3.63, 3.8) is 0 Å². The number of aromatic nitrogens is 2. The highest BCUT2D eigenvalue weighted by Crippen LogP contribution is 2.38. The zero-order chi connectivity index (χ0) is 54.3. The van der Waals surface area contributed by atoms with Crippen LogP contribution in [0.4, 0.5) is 0 Å². The van der Waals surface area contributed by atoms with Crippen LogP contribution in [0.25, 0.3) is 0 Å².